The Labute approximate surface area is 190 Å². The van der Waals surface area contributed by atoms with Crippen molar-refractivity contribution >= 4 is 28.4 Å². The minimum absolute atomic E-state index is 0.0855. The number of nitrogens with one attached hydrogen (secondary N) is 1. The van der Waals surface area contributed by atoms with Gasteiger partial charge in [0.2, 0.25) is 0 Å². The molecule has 1 aliphatic rings. The van der Waals surface area contributed by atoms with E-state index < -0.39 is 37.8 Å². The Kier molecular flexibility index (Phi) is 3.17. The smallest absolute Gasteiger partial charge is 0.257 e. The van der Waals surface area contributed by atoms with E-state index >= 15 is 0 Å². The molecule has 0 bridgehead atoms. The Morgan fingerprint density at radius 1 is 1.16 bits per heavy atom. The van der Waals surface area contributed by atoms with Crippen LogP contribution in [0.2, 0.25) is 0 Å². The van der Waals surface area contributed by atoms with E-state index in [1.165, 1.54) is 12.3 Å². The molecule has 0 spiro atoms. The summed E-state index contributed by atoms with van der Waals surface area (Å²) in [6.45, 7) is -12.9. The number of hydrogen-bond acceptors (Lipinski definition) is 7. The zero-order chi connectivity index (χ0) is 28.4. The second-order valence-electron chi connectivity index (χ2n) is 6.57. The number of hydrogen-bond donors (Lipinski definition) is 1. The van der Waals surface area contributed by atoms with Crippen LogP contribution in [-0.2, 0) is 11.8 Å². The highest BCUT2D eigenvalue weighted by Gasteiger charge is 2.15. The molecule has 1 aliphatic heterocycles. The molecule has 4 aromatic heterocycles. The molecular weight excluding hydrogens is 394 g/mol. The van der Waals surface area contributed by atoms with E-state index in [1.54, 1.807) is 18.6 Å². The summed E-state index contributed by atoms with van der Waals surface area (Å²) in [4.78, 5) is 30.1. The summed E-state index contributed by atoms with van der Waals surface area (Å²) < 4.78 is 70.6. The molecule has 4 aromatic rings. The lowest BCUT2D eigenvalue weighted by molar-refractivity contribution is 0.102. The van der Waals surface area contributed by atoms with Crippen molar-refractivity contribution in [1.82, 2.24) is 24.5 Å². The lowest BCUT2D eigenvalue weighted by atomic mass is 10.2. The Morgan fingerprint density at radius 3 is 2.84 bits per heavy atom. The van der Waals surface area contributed by atoms with Crippen molar-refractivity contribution in [3.8, 4) is 11.4 Å². The van der Waals surface area contributed by atoms with E-state index in [1.807, 2.05) is 23.7 Å². The first kappa shape index (κ1) is 12.1. The van der Waals surface area contributed by atoms with Gasteiger partial charge >= 0.3 is 0 Å². The fraction of sp³-hybridized carbons (Fsp3) is 0.227. The molecule has 5 rings (SSSR count). The third kappa shape index (κ3) is 3.95. The predicted molar refractivity (Wildman–Crippen MR) is 117 cm³/mol. The number of amides is 1. The molecule has 9 nitrogen and oxygen atoms in total. The lowest BCUT2D eigenvalue weighted by Crippen LogP contribution is -2.36. The topological polar surface area (TPSA) is 98.1 Å². The first-order chi connectivity index (χ1) is 18.1. The highest BCUT2D eigenvalue weighted by atomic mass is 16.5. The van der Waals surface area contributed by atoms with Crippen LogP contribution in [0.5, 0.6) is 0 Å². The van der Waals surface area contributed by atoms with Crippen molar-refractivity contribution in [2.24, 2.45) is 7.05 Å². The average Bonchev–Trinajstić information content (AvgIpc) is 3.28. The summed E-state index contributed by atoms with van der Waals surface area (Å²) in [7, 11) is 1.84. The van der Waals surface area contributed by atoms with Crippen LogP contribution in [0.4, 0.5) is 11.6 Å². The van der Waals surface area contributed by atoms with Crippen LogP contribution in [0.3, 0.4) is 0 Å². The molecule has 9 heteroatoms. The van der Waals surface area contributed by atoms with E-state index in [0.717, 1.165) is 23.3 Å². The van der Waals surface area contributed by atoms with Crippen LogP contribution >= 0.6 is 0 Å². The van der Waals surface area contributed by atoms with Crippen LogP contribution in [0.1, 0.15) is 21.3 Å². The zero-order valence-electron chi connectivity index (χ0n) is 24.2. The lowest BCUT2D eigenvalue weighted by Gasteiger charge is -2.27. The molecule has 0 aliphatic carbocycles. The molecule has 31 heavy (non-hydrogen) atoms. The fourth-order valence-corrected chi connectivity index (χ4v) is 3.01. The van der Waals surface area contributed by atoms with Gasteiger partial charge in [0, 0.05) is 49.5 Å². The van der Waals surface area contributed by atoms with Crippen molar-refractivity contribution in [1.29, 1.82) is 0 Å². The Bertz CT molecular complexity index is 1570. The minimum Gasteiger partial charge on any atom is -0.378 e. The quantitative estimate of drug-likeness (QED) is 0.538. The van der Waals surface area contributed by atoms with E-state index in [0.29, 0.717) is 11.2 Å². The number of pyridine rings is 3. The van der Waals surface area contributed by atoms with E-state index in [9.17, 15) is 4.79 Å². The number of ether oxygens (including phenoxy) is 1. The summed E-state index contributed by atoms with van der Waals surface area (Å²) in [5, 5.41) is 3.33. The van der Waals surface area contributed by atoms with E-state index in [2.05, 4.69) is 30.0 Å². The number of nitrogens with zero attached hydrogens (tertiary/aromatic N) is 6. The number of rotatable bonds is 4. The highest BCUT2D eigenvalue weighted by Crippen LogP contribution is 2.22. The summed E-state index contributed by atoms with van der Waals surface area (Å²) in [5.74, 6) is -1.05. The summed E-state index contributed by atoms with van der Waals surface area (Å²) >= 11 is 0. The third-order valence-electron chi connectivity index (χ3n) is 4.55. The third-order valence-corrected chi connectivity index (χ3v) is 4.55. The van der Waals surface area contributed by atoms with Gasteiger partial charge in [-0.15, -0.1) is 0 Å². The van der Waals surface area contributed by atoms with E-state index in [4.69, 9.17) is 11.0 Å². The standard InChI is InChI=1S/C22H21N7O2/c1-28-14-23-13-19(28)17-3-2-16-12-25-20(11-18(16)26-17)27-22(30)15-4-5-24-21(10-15)29-6-8-31-9-7-29/h2-5,10-14H,6-9H2,1H3,(H,25,27,30)/i6D2,7D2,8D2,9D2. The van der Waals surface area contributed by atoms with Gasteiger partial charge in [-0.3, -0.25) is 4.79 Å². The first-order valence-electron chi connectivity index (χ1n) is 13.2. The Balaban J connectivity index is 1.46. The number of morpholine rings is 1. The molecule has 5 heterocycles. The molecule has 0 atom stereocenters. The van der Waals surface area contributed by atoms with Gasteiger partial charge in [-0.25, -0.2) is 19.9 Å². The van der Waals surface area contributed by atoms with Crippen LogP contribution < -0.4 is 10.2 Å². The number of carbonyl (C=O) groups excluding carboxylic acids is 1. The molecule has 1 amide bonds. The Hall–Kier alpha value is -3.85. The maximum atomic E-state index is 13.1. The number of aryl methyl sites for hydroxylation is 1. The van der Waals surface area contributed by atoms with Crippen molar-refractivity contribution in [2.45, 2.75) is 0 Å². The number of aromatic nitrogens is 5. The van der Waals surface area contributed by atoms with E-state index in [-0.39, 0.29) is 16.3 Å². The van der Waals surface area contributed by atoms with Gasteiger partial charge in [-0.1, -0.05) is 0 Å². The maximum absolute atomic E-state index is 13.1. The molecular formula is C22H21N7O2. The first-order valence-corrected chi connectivity index (χ1v) is 9.15. The molecule has 1 saturated heterocycles. The second kappa shape index (κ2) is 8.11. The molecule has 1 fully saturated rings. The number of anilines is 2. The van der Waals surface area contributed by atoms with Crippen molar-refractivity contribution < 1.29 is 20.5 Å². The van der Waals surface area contributed by atoms with Gasteiger partial charge in [0.05, 0.1) is 53.5 Å². The highest BCUT2D eigenvalue weighted by molar-refractivity contribution is 6.04. The van der Waals surface area contributed by atoms with Crippen molar-refractivity contribution in [3.05, 3.63) is 60.8 Å². The summed E-state index contributed by atoms with van der Waals surface area (Å²) in [6, 6.07) is 7.54. The number of carbonyl (C=O) groups is 1. The second-order valence-corrected chi connectivity index (χ2v) is 6.57. The van der Waals surface area contributed by atoms with Gasteiger partial charge in [-0.2, -0.15) is 0 Å². The normalized spacial score (nSPS) is 24.4. The molecule has 0 unspecified atom stereocenters. The summed E-state index contributed by atoms with van der Waals surface area (Å²) in [6.07, 6.45) is 5.96. The van der Waals surface area contributed by atoms with Crippen molar-refractivity contribution in [2.75, 3.05) is 36.3 Å². The average molecular weight is 424 g/mol. The molecule has 0 radical (unpaired) electrons. The molecule has 1 N–H and O–H groups in total. The van der Waals surface area contributed by atoms with Gasteiger partial charge in [0.1, 0.15) is 11.6 Å². The summed E-state index contributed by atoms with van der Waals surface area (Å²) in [5.41, 5.74) is 1.92. The minimum atomic E-state index is -3.25. The van der Waals surface area contributed by atoms with Gasteiger partial charge in [0.25, 0.3) is 5.91 Å². The molecule has 0 saturated carbocycles. The van der Waals surface area contributed by atoms with Crippen LogP contribution in [0.25, 0.3) is 22.3 Å². The SMILES string of the molecule is [2H]C1([2H])OC([2H])([2H])C([2H])([2H])N(c2cc(C(=O)Nc3cc4nc(-c5cncn5C)ccc4cn3)ccn2)C1([2H])[2H]. The maximum Gasteiger partial charge on any atom is 0.257 e. The van der Waals surface area contributed by atoms with Crippen molar-refractivity contribution in [3.63, 3.8) is 0 Å². The predicted octanol–water partition coefficient (Wildman–Crippen LogP) is 2.51. The van der Waals surface area contributed by atoms with Gasteiger partial charge in [0.15, 0.2) is 0 Å². The Morgan fingerprint density at radius 2 is 2.03 bits per heavy atom. The number of fused-ring (bicyclic) bond motifs is 1. The zero-order valence-corrected chi connectivity index (χ0v) is 16.2. The van der Waals surface area contributed by atoms with Gasteiger partial charge in [-0.05, 0) is 24.3 Å². The number of imidazole rings is 1. The largest absolute Gasteiger partial charge is 0.378 e. The fourth-order valence-electron chi connectivity index (χ4n) is 3.01. The van der Waals surface area contributed by atoms with Crippen LogP contribution in [0, 0.1) is 0 Å². The van der Waals surface area contributed by atoms with Crippen LogP contribution in [0.15, 0.2) is 55.2 Å². The van der Waals surface area contributed by atoms with Crippen LogP contribution in [-0.4, -0.2) is 56.5 Å². The monoisotopic (exact) mass is 423 g/mol. The molecule has 0 aromatic carbocycles. The van der Waals surface area contributed by atoms with Gasteiger partial charge < -0.3 is 19.5 Å². The molecule has 156 valence electrons.